The zero-order valence-electron chi connectivity index (χ0n) is 15.4. The third-order valence-electron chi connectivity index (χ3n) is 4.13. The van der Waals surface area contributed by atoms with E-state index >= 15 is 0 Å². The number of hydrogen-bond donors (Lipinski definition) is 0. The molecule has 0 aliphatic carbocycles. The number of thioether (sulfide) groups is 1. The lowest BCUT2D eigenvalue weighted by atomic mass is 10.1. The Morgan fingerprint density at radius 1 is 1.19 bits per heavy atom. The minimum Gasteiger partial charge on any atom is -0.287 e. The molecule has 1 aromatic carbocycles. The van der Waals surface area contributed by atoms with Gasteiger partial charge in [0.25, 0.3) is 5.56 Å². The van der Waals surface area contributed by atoms with Crippen molar-refractivity contribution in [1.82, 2.24) is 29.8 Å². The number of benzene rings is 1. The van der Waals surface area contributed by atoms with Crippen molar-refractivity contribution in [2.24, 2.45) is 5.92 Å². The molecule has 0 N–H and O–H groups in total. The van der Waals surface area contributed by atoms with Crippen molar-refractivity contribution in [2.75, 3.05) is 0 Å². The normalized spacial score (nSPS) is 11.5. The van der Waals surface area contributed by atoms with Crippen LogP contribution in [-0.2, 0) is 18.8 Å². The van der Waals surface area contributed by atoms with Crippen LogP contribution in [0.5, 0.6) is 0 Å². The Bertz CT molecular complexity index is 933. The number of aryl methyl sites for hydroxylation is 1. The number of tetrazole rings is 1. The molecule has 2 aromatic heterocycles. The summed E-state index contributed by atoms with van der Waals surface area (Å²) in [7, 11) is 0. The zero-order chi connectivity index (χ0) is 18.5. The van der Waals surface area contributed by atoms with Gasteiger partial charge in [-0.3, -0.25) is 9.36 Å². The Morgan fingerprint density at radius 3 is 2.77 bits per heavy atom. The highest BCUT2D eigenvalue weighted by Gasteiger charge is 2.14. The van der Waals surface area contributed by atoms with E-state index in [1.807, 2.05) is 28.9 Å². The van der Waals surface area contributed by atoms with Gasteiger partial charge in [0.15, 0.2) is 11.0 Å². The average Bonchev–Trinajstić information content (AvgIpc) is 3.07. The smallest absolute Gasteiger partial charge is 0.262 e. The lowest BCUT2D eigenvalue weighted by molar-refractivity contribution is 0.480. The van der Waals surface area contributed by atoms with E-state index in [2.05, 4.69) is 36.3 Å². The van der Waals surface area contributed by atoms with E-state index < -0.39 is 0 Å². The molecule has 3 rings (SSSR count). The van der Waals surface area contributed by atoms with Crippen LogP contribution in [-0.4, -0.2) is 29.8 Å². The Hall–Kier alpha value is -2.22. The first-order chi connectivity index (χ1) is 12.6. The Labute approximate surface area is 156 Å². The molecule has 0 saturated carbocycles. The van der Waals surface area contributed by atoms with E-state index in [0.717, 1.165) is 35.9 Å². The maximum absolute atomic E-state index is 13.0. The third kappa shape index (κ3) is 4.12. The van der Waals surface area contributed by atoms with E-state index in [-0.39, 0.29) is 5.56 Å². The van der Waals surface area contributed by atoms with Crippen LogP contribution < -0.4 is 5.56 Å². The molecule has 0 amide bonds. The van der Waals surface area contributed by atoms with E-state index in [1.54, 1.807) is 4.57 Å². The second-order valence-corrected chi connectivity index (χ2v) is 7.60. The predicted octanol–water partition coefficient (Wildman–Crippen LogP) is 3.13. The number of nitrogens with zero attached hydrogens (tertiary/aromatic N) is 6. The fraction of sp³-hybridized carbons (Fsp3) is 0.500. The van der Waals surface area contributed by atoms with Crippen LogP contribution in [0.4, 0.5) is 0 Å². The maximum Gasteiger partial charge on any atom is 0.262 e. The van der Waals surface area contributed by atoms with Gasteiger partial charge in [0.05, 0.1) is 16.7 Å². The number of rotatable bonds is 8. The quantitative estimate of drug-likeness (QED) is 0.446. The second kappa shape index (κ2) is 8.44. The van der Waals surface area contributed by atoms with Crippen LogP contribution in [0.3, 0.4) is 0 Å². The molecular weight excluding hydrogens is 348 g/mol. The molecule has 2 heterocycles. The van der Waals surface area contributed by atoms with Gasteiger partial charge in [-0.25, -0.2) is 9.67 Å². The summed E-state index contributed by atoms with van der Waals surface area (Å²) in [5, 5.41) is 13.3. The molecule has 0 aliphatic rings. The average molecular weight is 372 g/mol. The molecule has 3 aromatic rings. The van der Waals surface area contributed by atoms with Crippen LogP contribution >= 0.6 is 11.8 Å². The molecule has 0 bridgehead atoms. The third-order valence-corrected chi connectivity index (χ3v) is 5.10. The summed E-state index contributed by atoms with van der Waals surface area (Å²) < 4.78 is 3.60. The van der Waals surface area contributed by atoms with Crippen molar-refractivity contribution >= 4 is 22.7 Å². The molecule has 138 valence electrons. The fourth-order valence-electron chi connectivity index (χ4n) is 2.68. The van der Waals surface area contributed by atoms with Crippen molar-refractivity contribution in [3.63, 3.8) is 0 Å². The van der Waals surface area contributed by atoms with Crippen LogP contribution in [0, 0.1) is 5.92 Å². The molecule has 7 nitrogen and oxygen atoms in total. The number of aromatic nitrogens is 6. The molecule has 26 heavy (non-hydrogen) atoms. The molecule has 8 heteroatoms. The standard InChI is InChI=1S/C18H24N6OS/c1-4-10-24-16(20-21-22-24)12-26-18-19-15-8-6-5-7-14(15)17(25)23(18)11-9-13(2)3/h5-8,13H,4,9-12H2,1-3H3. The Balaban J connectivity index is 1.93. The number of para-hydroxylation sites is 1. The minimum atomic E-state index is 0.0203. The fourth-order valence-corrected chi connectivity index (χ4v) is 3.64. The van der Waals surface area contributed by atoms with Crippen molar-refractivity contribution < 1.29 is 0 Å². The molecule has 0 aliphatic heterocycles. The van der Waals surface area contributed by atoms with E-state index in [9.17, 15) is 4.79 Å². The summed E-state index contributed by atoms with van der Waals surface area (Å²) in [6.07, 6.45) is 1.90. The lowest BCUT2D eigenvalue weighted by Gasteiger charge is -2.14. The van der Waals surface area contributed by atoms with E-state index in [4.69, 9.17) is 4.98 Å². The van der Waals surface area contributed by atoms with Gasteiger partial charge in [-0.1, -0.05) is 44.7 Å². The highest BCUT2D eigenvalue weighted by molar-refractivity contribution is 7.98. The van der Waals surface area contributed by atoms with Crippen LogP contribution in [0.1, 0.15) is 39.4 Å². The monoisotopic (exact) mass is 372 g/mol. The van der Waals surface area contributed by atoms with Gasteiger partial charge in [0.1, 0.15) is 0 Å². The first kappa shape index (κ1) is 18.6. The van der Waals surface area contributed by atoms with Gasteiger partial charge in [-0.05, 0) is 41.3 Å². The molecule has 0 unspecified atom stereocenters. The highest BCUT2D eigenvalue weighted by Crippen LogP contribution is 2.22. The first-order valence-electron chi connectivity index (χ1n) is 8.97. The minimum absolute atomic E-state index is 0.0203. The molecule has 0 spiro atoms. The molecule has 0 radical (unpaired) electrons. The number of hydrogen-bond acceptors (Lipinski definition) is 6. The topological polar surface area (TPSA) is 78.5 Å². The van der Waals surface area contributed by atoms with Crippen LogP contribution in [0.2, 0.25) is 0 Å². The van der Waals surface area contributed by atoms with Crippen molar-refractivity contribution in [3.05, 3.63) is 40.4 Å². The number of fused-ring (bicyclic) bond motifs is 1. The van der Waals surface area contributed by atoms with E-state index in [1.165, 1.54) is 11.8 Å². The summed E-state index contributed by atoms with van der Waals surface area (Å²) in [4.78, 5) is 17.7. The van der Waals surface area contributed by atoms with E-state index in [0.29, 0.717) is 23.6 Å². The Morgan fingerprint density at radius 2 is 2.00 bits per heavy atom. The SMILES string of the molecule is CCCn1nnnc1CSc1nc2ccccc2c(=O)n1CCC(C)C. The molecule has 0 fully saturated rings. The second-order valence-electron chi connectivity index (χ2n) is 6.66. The first-order valence-corrected chi connectivity index (χ1v) is 9.96. The van der Waals surface area contributed by atoms with Crippen LogP contribution in [0.15, 0.2) is 34.2 Å². The summed E-state index contributed by atoms with van der Waals surface area (Å²) >= 11 is 1.51. The summed E-state index contributed by atoms with van der Waals surface area (Å²) in [6.45, 7) is 7.86. The van der Waals surface area contributed by atoms with Gasteiger partial charge in [-0.2, -0.15) is 0 Å². The lowest BCUT2D eigenvalue weighted by Crippen LogP contribution is -2.24. The van der Waals surface area contributed by atoms with Crippen LogP contribution in [0.25, 0.3) is 10.9 Å². The predicted molar refractivity (Wildman–Crippen MR) is 103 cm³/mol. The molecular formula is C18H24N6OS. The van der Waals surface area contributed by atoms with Gasteiger partial charge < -0.3 is 0 Å². The maximum atomic E-state index is 13.0. The van der Waals surface area contributed by atoms with Crippen molar-refractivity contribution in [1.29, 1.82) is 0 Å². The summed E-state index contributed by atoms with van der Waals surface area (Å²) in [5.74, 6) is 1.90. The van der Waals surface area contributed by atoms with Gasteiger partial charge in [0.2, 0.25) is 0 Å². The largest absolute Gasteiger partial charge is 0.287 e. The van der Waals surface area contributed by atoms with Gasteiger partial charge >= 0.3 is 0 Å². The van der Waals surface area contributed by atoms with Gasteiger partial charge in [0, 0.05) is 13.1 Å². The summed E-state index contributed by atoms with van der Waals surface area (Å²) in [6, 6.07) is 7.51. The van der Waals surface area contributed by atoms with Gasteiger partial charge in [-0.15, -0.1) is 5.10 Å². The summed E-state index contributed by atoms with van der Waals surface area (Å²) in [5.41, 5.74) is 0.751. The zero-order valence-corrected chi connectivity index (χ0v) is 16.2. The molecule has 0 atom stereocenters. The Kier molecular flexibility index (Phi) is 6.03. The molecule has 0 saturated heterocycles. The highest BCUT2D eigenvalue weighted by atomic mass is 32.2. The van der Waals surface area contributed by atoms with Crippen molar-refractivity contribution in [2.45, 2.75) is 57.6 Å². The van der Waals surface area contributed by atoms with Crippen molar-refractivity contribution in [3.8, 4) is 0 Å².